The number of aromatic amines is 1. The molecule has 100 valence electrons. The summed E-state index contributed by atoms with van der Waals surface area (Å²) in [5.74, 6) is -0.837. The fourth-order valence-corrected chi connectivity index (χ4v) is 1.86. The van der Waals surface area contributed by atoms with Crippen molar-refractivity contribution in [2.75, 3.05) is 13.2 Å². The van der Waals surface area contributed by atoms with Crippen LogP contribution in [-0.2, 0) is 9.47 Å². The second kappa shape index (κ2) is 5.56. The number of esters is 2. The number of ether oxygens (including phenoxy) is 2. The number of H-pyrrole nitrogens is 1. The van der Waals surface area contributed by atoms with Gasteiger partial charge in [0.15, 0.2) is 0 Å². The van der Waals surface area contributed by atoms with Crippen LogP contribution in [0.3, 0.4) is 0 Å². The summed E-state index contributed by atoms with van der Waals surface area (Å²) in [6.45, 7) is 4.10. The second-order valence-corrected chi connectivity index (χ2v) is 3.89. The van der Waals surface area contributed by atoms with Crippen molar-refractivity contribution in [3.8, 4) is 0 Å². The van der Waals surface area contributed by atoms with E-state index in [0.29, 0.717) is 35.4 Å². The van der Waals surface area contributed by atoms with Gasteiger partial charge in [0.25, 0.3) is 0 Å². The Bertz CT molecular complexity index is 615. The molecule has 2 rings (SSSR count). The van der Waals surface area contributed by atoms with Gasteiger partial charge < -0.3 is 14.5 Å². The molecule has 1 heterocycles. The van der Waals surface area contributed by atoms with Crippen LogP contribution in [0.1, 0.15) is 34.7 Å². The van der Waals surface area contributed by atoms with Crippen LogP contribution in [-0.4, -0.2) is 30.1 Å². The third kappa shape index (κ3) is 2.59. The van der Waals surface area contributed by atoms with Crippen LogP contribution in [0, 0.1) is 0 Å². The number of hydrogen-bond acceptors (Lipinski definition) is 4. The maximum Gasteiger partial charge on any atom is 0.354 e. The zero-order valence-corrected chi connectivity index (χ0v) is 10.9. The maximum absolute atomic E-state index is 11.8. The van der Waals surface area contributed by atoms with Crippen molar-refractivity contribution in [3.63, 3.8) is 0 Å². The van der Waals surface area contributed by atoms with Crippen LogP contribution < -0.4 is 0 Å². The lowest BCUT2D eigenvalue weighted by Crippen LogP contribution is -2.05. The van der Waals surface area contributed by atoms with Crippen molar-refractivity contribution >= 4 is 22.8 Å². The SMILES string of the molecule is CCOC(=O)c1cc2c(C(=O)OCC)cccc2[nH]1. The zero-order valence-electron chi connectivity index (χ0n) is 10.9. The lowest BCUT2D eigenvalue weighted by molar-refractivity contribution is 0.0513. The van der Waals surface area contributed by atoms with Gasteiger partial charge in [0.2, 0.25) is 0 Å². The highest BCUT2D eigenvalue weighted by molar-refractivity contribution is 6.06. The number of hydrogen-bond donors (Lipinski definition) is 1. The Labute approximate surface area is 110 Å². The highest BCUT2D eigenvalue weighted by Crippen LogP contribution is 2.21. The van der Waals surface area contributed by atoms with Crippen molar-refractivity contribution in [3.05, 3.63) is 35.5 Å². The normalized spacial score (nSPS) is 10.4. The number of aromatic nitrogens is 1. The molecular weight excluding hydrogens is 246 g/mol. The lowest BCUT2D eigenvalue weighted by Gasteiger charge is -2.02. The van der Waals surface area contributed by atoms with E-state index in [0.717, 1.165) is 0 Å². The van der Waals surface area contributed by atoms with Crippen molar-refractivity contribution in [1.29, 1.82) is 0 Å². The van der Waals surface area contributed by atoms with E-state index in [2.05, 4.69) is 4.98 Å². The molecule has 19 heavy (non-hydrogen) atoms. The topological polar surface area (TPSA) is 68.4 Å². The fourth-order valence-electron chi connectivity index (χ4n) is 1.86. The molecule has 1 N–H and O–H groups in total. The van der Waals surface area contributed by atoms with E-state index < -0.39 is 11.9 Å². The van der Waals surface area contributed by atoms with Crippen LogP contribution >= 0.6 is 0 Å². The molecule has 1 aromatic heterocycles. The molecule has 5 nitrogen and oxygen atoms in total. The molecule has 0 aliphatic heterocycles. The Hall–Kier alpha value is -2.30. The van der Waals surface area contributed by atoms with Crippen LogP contribution in [0.4, 0.5) is 0 Å². The molecule has 0 atom stereocenters. The summed E-state index contributed by atoms with van der Waals surface area (Å²) < 4.78 is 9.90. The molecule has 0 unspecified atom stereocenters. The molecule has 0 saturated carbocycles. The summed E-state index contributed by atoms with van der Waals surface area (Å²) in [6.07, 6.45) is 0. The fraction of sp³-hybridized carbons (Fsp3) is 0.286. The molecule has 0 saturated heterocycles. The molecule has 0 amide bonds. The molecule has 0 spiro atoms. The average Bonchev–Trinajstić information content (AvgIpc) is 2.82. The van der Waals surface area contributed by atoms with Crippen LogP contribution in [0.5, 0.6) is 0 Å². The highest BCUT2D eigenvalue weighted by Gasteiger charge is 2.16. The monoisotopic (exact) mass is 261 g/mol. The lowest BCUT2D eigenvalue weighted by atomic mass is 10.1. The van der Waals surface area contributed by atoms with Gasteiger partial charge in [-0.3, -0.25) is 0 Å². The van der Waals surface area contributed by atoms with E-state index in [1.165, 1.54) is 0 Å². The van der Waals surface area contributed by atoms with Crippen molar-refractivity contribution in [2.24, 2.45) is 0 Å². The first-order valence-electron chi connectivity index (χ1n) is 6.13. The summed E-state index contributed by atoms with van der Waals surface area (Å²) in [7, 11) is 0. The van der Waals surface area contributed by atoms with Gasteiger partial charge in [0, 0.05) is 10.9 Å². The molecule has 0 fully saturated rings. The summed E-state index contributed by atoms with van der Waals surface area (Å²) in [6, 6.07) is 6.81. The highest BCUT2D eigenvalue weighted by atomic mass is 16.5. The molecule has 5 heteroatoms. The quantitative estimate of drug-likeness (QED) is 0.859. The minimum Gasteiger partial charge on any atom is -0.462 e. The van der Waals surface area contributed by atoms with E-state index in [4.69, 9.17) is 9.47 Å². The molecular formula is C14H15NO4. The van der Waals surface area contributed by atoms with Gasteiger partial charge >= 0.3 is 11.9 Å². The minimum atomic E-state index is -0.437. The summed E-state index contributed by atoms with van der Waals surface area (Å²) in [5.41, 5.74) is 1.47. The molecule has 0 aliphatic rings. The van der Waals surface area contributed by atoms with E-state index in [1.807, 2.05) is 0 Å². The van der Waals surface area contributed by atoms with Gasteiger partial charge in [0.1, 0.15) is 5.69 Å². The standard InChI is InChI=1S/C14H15NO4/c1-3-18-13(16)9-6-5-7-11-10(9)8-12(15-11)14(17)19-4-2/h5-8,15H,3-4H2,1-2H3. The summed E-state index contributed by atoms with van der Waals surface area (Å²) in [5, 5.41) is 0.656. The molecule has 0 bridgehead atoms. The first-order chi connectivity index (χ1) is 9.17. The summed E-state index contributed by atoms with van der Waals surface area (Å²) >= 11 is 0. The predicted octanol–water partition coefficient (Wildman–Crippen LogP) is 2.52. The van der Waals surface area contributed by atoms with Gasteiger partial charge in [-0.25, -0.2) is 9.59 Å². The molecule has 0 aliphatic carbocycles. The number of carbonyl (C=O) groups is 2. The van der Waals surface area contributed by atoms with E-state index in [1.54, 1.807) is 38.1 Å². The van der Waals surface area contributed by atoms with Crippen LogP contribution in [0.15, 0.2) is 24.3 Å². The number of rotatable bonds is 4. The summed E-state index contributed by atoms with van der Waals surface area (Å²) in [4.78, 5) is 26.4. The van der Waals surface area contributed by atoms with Crippen molar-refractivity contribution in [2.45, 2.75) is 13.8 Å². The van der Waals surface area contributed by atoms with E-state index in [-0.39, 0.29) is 0 Å². The van der Waals surface area contributed by atoms with Gasteiger partial charge in [-0.1, -0.05) is 6.07 Å². The first kappa shape index (κ1) is 13.1. The number of nitrogens with one attached hydrogen (secondary N) is 1. The molecule has 2 aromatic rings. The second-order valence-electron chi connectivity index (χ2n) is 3.89. The molecule has 1 aromatic carbocycles. The van der Waals surface area contributed by atoms with Gasteiger partial charge in [-0.05, 0) is 32.0 Å². The first-order valence-corrected chi connectivity index (χ1v) is 6.13. The Balaban J connectivity index is 2.45. The third-order valence-corrected chi connectivity index (χ3v) is 2.65. The minimum absolute atomic E-state index is 0.304. The van der Waals surface area contributed by atoms with Crippen LogP contribution in [0.25, 0.3) is 10.9 Å². The predicted molar refractivity (Wildman–Crippen MR) is 70.2 cm³/mol. The maximum atomic E-state index is 11.8. The Morgan fingerprint density at radius 3 is 2.47 bits per heavy atom. The Morgan fingerprint density at radius 2 is 1.79 bits per heavy atom. The smallest absolute Gasteiger partial charge is 0.354 e. The Kier molecular flexibility index (Phi) is 3.85. The molecule has 0 radical (unpaired) electrons. The number of benzene rings is 1. The number of fused-ring (bicyclic) bond motifs is 1. The van der Waals surface area contributed by atoms with Gasteiger partial charge in [-0.15, -0.1) is 0 Å². The van der Waals surface area contributed by atoms with Crippen molar-refractivity contribution < 1.29 is 19.1 Å². The third-order valence-electron chi connectivity index (χ3n) is 2.65. The van der Waals surface area contributed by atoms with Crippen LogP contribution in [0.2, 0.25) is 0 Å². The van der Waals surface area contributed by atoms with Gasteiger partial charge in [-0.2, -0.15) is 0 Å². The van der Waals surface area contributed by atoms with E-state index in [9.17, 15) is 9.59 Å². The average molecular weight is 261 g/mol. The van der Waals surface area contributed by atoms with E-state index >= 15 is 0 Å². The zero-order chi connectivity index (χ0) is 13.8. The van der Waals surface area contributed by atoms with Crippen molar-refractivity contribution in [1.82, 2.24) is 4.98 Å². The number of carbonyl (C=O) groups excluding carboxylic acids is 2. The Morgan fingerprint density at radius 1 is 1.11 bits per heavy atom. The van der Waals surface area contributed by atoms with Gasteiger partial charge in [0.05, 0.1) is 18.8 Å². The largest absolute Gasteiger partial charge is 0.462 e.